The molecule has 6 heteroatoms. The van der Waals surface area contributed by atoms with Gasteiger partial charge in [0, 0.05) is 0 Å². The lowest BCUT2D eigenvalue weighted by molar-refractivity contribution is 0.622. The first-order valence-corrected chi connectivity index (χ1v) is 9.40. The van der Waals surface area contributed by atoms with Crippen LogP contribution in [0.2, 0.25) is 0 Å². The molecule has 0 fully saturated rings. The van der Waals surface area contributed by atoms with Crippen molar-refractivity contribution in [2.24, 2.45) is 4.36 Å². The van der Waals surface area contributed by atoms with Crippen molar-refractivity contribution in [3.63, 3.8) is 0 Å². The predicted molar refractivity (Wildman–Crippen MR) is 97.5 cm³/mol. The molecule has 0 atom stereocenters. The van der Waals surface area contributed by atoms with Crippen molar-refractivity contribution in [2.75, 3.05) is 0 Å². The van der Waals surface area contributed by atoms with Gasteiger partial charge < -0.3 is 0 Å². The van der Waals surface area contributed by atoms with Gasteiger partial charge in [-0.05, 0) is 36.4 Å². The van der Waals surface area contributed by atoms with E-state index in [-0.39, 0.29) is 6.67 Å². The highest BCUT2D eigenvalue weighted by atomic mass is 32.2. The molecule has 0 unspecified atom stereocenters. The molecule has 0 spiro atoms. The summed E-state index contributed by atoms with van der Waals surface area (Å²) < 4.78 is 20.0. The second-order valence-electron chi connectivity index (χ2n) is 5.50. The summed E-state index contributed by atoms with van der Waals surface area (Å²) in [5, 5.41) is 8.26. The quantitative estimate of drug-likeness (QED) is 0.560. The van der Waals surface area contributed by atoms with Crippen LogP contribution in [-0.2, 0) is 16.4 Å². The Morgan fingerprint density at radius 3 is 2.00 bits per heavy atom. The fourth-order valence-corrected chi connectivity index (χ4v) is 4.55. The molecule has 5 nitrogen and oxygen atoms in total. The minimum Gasteiger partial charge on any atom is -0.240 e. The predicted octanol–water partition coefficient (Wildman–Crippen LogP) is 3.98. The number of benzene rings is 3. The Morgan fingerprint density at radius 2 is 1.36 bits per heavy atom. The van der Waals surface area contributed by atoms with Crippen LogP contribution in [0.1, 0.15) is 0 Å². The maximum absolute atomic E-state index is 13.8. The fourth-order valence-electron chi connectivity index (χ4n) is 2.65. The monoisotopic (exact) mass is 348 g/mol. The van der Waals surface area contributed by atoms with E-state index >= 15 is 0 Å². The molecule has 4 aromatic rings. The van der Waals surface area contributed by atoms with Crippen LogP contribution < -0.4 is 0 Å². The molecule has 0 radical (unpaired) electrons. The first kappa shape index (κ1) is 15.5. The maximum atomic E-state index is 13.8. The van der Waals surface area contributed by atoms with Gasteiger partial charge in [0.25, 0.3) is 0 Å². The Hall–Kier alpha value is -2.99. The van der Waals surface area contributed by atoms with E-state index in [1.54, 1.807) is 4.68 Å². The summed E-state index contributed by atoms with van der Waals surface area (Å²) >= 11 is 0. The fraction of sp³-hybridized carbons (Fsp3) is 0.0526. The Bertz CT molecular complexity index is 1070. The molecule has 4 rings (SSSR count). The van der Waals surface area contributed by atoms with E-state index in [0.29, 0.717) is 9.79 Å². The minimum absolute atomic E-state index is 0.170. The van der Waals surface area contributed by atoms with E-state index in [1.165, 1.54) is 0 Å². The van der Waals surface area contributed by atoms with Gasteiger partial charge >= 0.3 is 0 Å². The van der Waals surface area contributed by atoms with Gasteiger partial charge in [0.05, 0.1) is 15.3 Å². The molecule has 0 aliphatic carbocycles. The largest absolute Gasteiger partial charge is 0.240 e. The zero-order valence-electron chi connectivity index (χ0n) is 13.4. The van der Waals surface area contributed by atoms with Crippen molar-refractivity contribution in [2.45, 2.75) is 16.5 Å². The van der Waals surface area contributed by atoms with Crippen LogP contribution in [0.4, 0.5) is 0 Å². The molecule has 1 heterocycles. The summed E-state index contributed by atoms with van der Waals surface area (Å²) in [7, 11) is -2.75. The van der Waals surface area contributed by atoms with Crippen LogP contribution in [0.15, 0.2) is 99.1 Å². The summed E-state index contributed by atoms with van der Waals surface area (Å²) in [6.07, 6.45) is 0. The van der Waals surface area contributed by atoms with Gasteiger partial charge in [0.2, 0.25) is 0 Å². The van der Waals surface area contributed by atoms with E-state index in [2.05, 4.69) is 14.7 Å². The summed E-state index contributed by atoms with van der Waals surface area (Å²) in [6, 6.07) is 26.3. The Labute approximate surface area is 146 Å². The van der Waals surface area contributed by atoms with Crippen LogP contribution in [0, 0.1) is 0 Å². The van der Waals surface area contributed by atoms with E-state index in [1.807, 2.05) is 84.9 Å². The summed E-state index contributed by atoms with van der Waals surface area (Å²) in [6.45, 7) is 0.170. The minimum atomic E-state index is -2.75. The number of para-hydroxylation sites is 1. The van der Waals surface area contributed by atoms with Gasteiger partial charge in [-0.25, -0.2) is 13.3 Å². The number of nitrogens with zero attached hydrogens (tertiary/aromatic N) is 4. The summed E-state index contributed by atoms with van der Waals surface area (Å²) in [5.74, 6) is 0. The third-order valence-corrected chi connectivity index (χ3v) is 6.22. The SMILES string of the molecule is O=S(=NCn1nnc2ccccc21)(c1ccccc1)c1ccccc1. The molecule has 0 amide bonds. The molecule has 0 saturated heterocycles. The Morgan fingerprint density at radius 1 is 0.800 bits per heavy atom. The second kappa shape index (κ2) is 6.49. The smallest absolute Gasteiger partial charge is 0.143 e. The van der Waals surface area contributed by atoms with Crippen molar-refractivity contribution in [1.29, 1.82) is 0 Å². The van der Waals surface area contributed by atoms with Crippen molar-refractivity contribution >= 4 is 20.8 Å². The first-order valence-electron chi connectivity index (χ1n) is 7.89. The molecular weight excluding hydrogens is 332 g/mol. The number of hydrogen-bond donors (Lipinski definition) is 0. The highest BCUT2D eigenvalue weighted by Gasteiger charge is 2.15. The normalized spacial score (nSPS) is 11.5. The molecule has 124 valence electrons. The van der Waals surface area contributed by atoms with Gasteiger partial charge in [0.15, 0.2) is 0 Å². The Kier molecular flexibility index (Phi) is 4.03. The molecular formula is C19H16N4OS. The zero-order chi connectivity index (χ0) is 17.1. The lowest BCUT2D eigenvalue weighted by Crippen LogP contribution is -2.06. The molecule has 1 aromatic heterocycles. The lowest BCUT2D eigenvalue weighted by Gasteiger charge is -2.11. The average molecular weight is 348 g/mol. The van der Waals surface area contributed by atoms with Crippen molar-refractivity contribution < 1.29 is 4.21 Å². The molecule has 3 aromatic carbocycles. The molecule has 0 aliphatic heterocycles. The number of aromatic nitrogens is 3. The first-order chi connectivity index (χ1) is 12.3. The number of fused-ring (bicyclic) bond motifs is 1. The highest BCUT2D eigenvalue weighted by molar-refractivity contribution is 7.93. The molecule has 0 N–H and O–H groups in total. The molecule has 0 aliphatic rings. The van der Waals surface area contributed by atoms with E-state index in [9.17, 15) is 4.21 Å². The Balaban J connectivity index is 1.84. The van der Waals surface area contributed by atoms with E-state index in [4.69, 9.17) is 0 Å². The van der Waals surface area contributed by atoms with Gasteiger partial charge in [-0.1, -0.05) is 53.7 Å². The van der Waals surface area contributed by atoms with Crippen LogP contribution in [-0.4, -0.2) is 19.2 Å². The van der Waals surface area contributed by atoms with Crippen LogP contribution in [0.3, 0.4) is 0 Å². The molecule has 25 heavy (non-hydrogen) atoms. The van der Waals surface area contributed by atoms with Gasteiger partial charge in [-0.15, -0.1) is 5.10 Å². The highest BCUT2D eigenvalue weighted by Crippen LogP contribution is 2.23. The van der Waals surface area contributed by atoms with Gasteiger partial charge in [0.1, 0.15) is 21.9 Å². The van der Waals surface area contributed by atoms with Crippen molar-refractivity contribution in [3.05, 3.63) is 84.9 Å². The number of rotatable bonds is 4. The molecule has 0 saturated carbocycles. The lowest BCUT2D eigenvalue weighted by atomic mass is 10.3. The third-order valence-electron chi connectivity index (χ3n) is 3.92. The topological polar surface area (TPSA) is 60.1 Å². The third kappa shape index (κ3) is 2.92. The van der Waals surface area contributed by atoms with E-state index in [0.717, 1.165) is 11.0 Å². The average Bonchev–Trinajstić information content (AvgIpc) is 3.11. The summed E-state index contributed by atoms with van der Waals surface area (Å²) in [5.41, 5.74) is 1.66. The van der Waals surface area contributed by atoms with Crippen molar-refractivity contribution in [1.82, 2.24) is 15.0 Å². The van der Waals surface area contributed by atoms with Crippen LogP contribution in [0.5, 0.6) is 0 Å². The van der Waals surface area contributed by atoms with E-state index < -0.39 is 9.73 Å². The second-order valence-corrected chi connectivity index (χ2v) is 7.75. The van der Waals surface area contributed by atoms with Gasteiger partial charge in [-0.2, -0.15) is 0 Å². The molecule has 0 bridgehead atoms. The van der Waals surface area contributed by atoms with Crippen molar-refractivity contribution in [3.8, 4) is 0 Å². The summed E-state index contributed by atoms with van der Waals surface area (Å²) in [4.78, 5) is 1.37. The van der Waals surface area contributed by atoms with Gasteiger partial charge in [-0.3, -0.25) is 0 Å². The number of hydrogen-bond acceptors (Lipinski definition) is 4. The zero-order valence-corrected chi connectivity index (χ0v) is 14.2. The maximum Gasteiger partial charge on any atom is 0.143 e. The van der Waals surface area contributed by atoms with Crippen LogP contribution >= 0.6 is 0 Å². The van der Waals surface area contributed by atoms with Crippen LogP contribution in [0.25, 0.3) is 11.0 Å². The standard InChI is InChI=1S/C19H16N4OS/c24-25(16-9-3-1-4-10-16,17-11-5-2-6-12-17)20-15-23-19-14-8-7-13-18(19)21-22-23/h1-14H,15H2.